The molecule has 0 saturated carbocycles. The van der Waals surface area contributed by atoms with Crippen molar-refractivity contribution in [2.75, 3.05) is 5.32 Å². The number of cyclic esters (lactones) is 1. The molecule has 1 aliphatic heterocycles. The number of hydrogen-bond acceptors (Lipinski definition) is 6. The Morgan fingerprint density at radius 2 is 2.04 bits per heavy atom. The highest BCUT2D eigenvalue weighted by Gasteiger charge is 2.42. The Bertz CT molecular complexity index is 1050. The molecular weight excluding hydrogens is 346 g/mol. The van der Waals surface area contributed by atoms with Gasteiger partial charge in [-0.2, -0.15) is 0 Å². The Morgan fingerprint density at radius 1 is 1.22 bits per heavy atom. The molecule has 1 aromatic heterocycles. The maximum Gasteiger partial charge on any atom is 0.339 e. The van der Waals surface area contributed by atoms with E-state index in [0.717, 1.165) is 11.1 Å². The lowest BCUT2D eigenvalue weighted by atomic mass is 9.89. The highest BCUT2D eigenvalue weighted by Crippen LogP contribution is 2.29. The zero-order chi connectivity index (χ0) is 19.0. The first-order valence-electron chi connectivity index (χ1n) is 8.42. The van der Waals surface area contributed by atoms with E-state index in [9.17, 15) is 9.59 Å². The molecule has 0 bridgehead atoms. The van der Waals surface area contributed by atoms with Gasteiger partial charge in [-0.1, -0.05) is 30.3 Å². The number of anilines is 1. The van der Waals surface area contributed by atoms with Gasteiger partial charge < -0.3 is 10.1 Å². The van der Waals surface area contributed by atoms with Crippen LogP contribution in [-0.4, -0.2) is 37.7 Å². The number of fused-ring (bicyclic) bond motifs is 1. The molecule has 8 nitrogen and oxygen atoms in total. The number of nitrogens with zero attached hydrogens (tertiary/aromatic N) is 4. The summed E-state index contributed by atoms with van der Waals surface area (Å²) >= 11 is 0. The van der Waals surface area contributed by atoms with Crippen molar-refractivity contribution in [2.24, 2.45) is 7.05 Å². The number of hydrogen-bond donors (Lipinski definition) is 1. The molecule has 1 unspecified atom stereocenters. The van der Waals surface area contributed by atoms with Crippen molar-refractivity contribution >= 4 is 17.6 Å². The Balaban J connectivity index is 1.58. The molecule has 2 heterocycles. The minimum absolute atomic E-state index is 0.313. The predicted octanol–water partition coefficient (Wildman–Crippen LogP) is 1.99. The van der Waals surface area contributed by atoms with Crippen LogP contribution in [0.2, 0.25) is 0 Å². The molecule has 2 aromatic carbocycles. The lowest BCUT2D eigenvalue weighted by Crippen LogP contribution is -2.48. The Kier molecular flexibility index (Phi) is 3.95. The topological polar surface area (TPSA) is 99.0 Å². The van der Waals surface area contributed by atoms with E-state index in [0.29, 0.717) is 23.5 Å². The fourth-order valence-corrected chi connectivity index (χ4v) is 3.13. The van der Waals surface area contributed by atoms with E-state index >= 15 is 0 Å². The van der Waals surface area contributed by atoms with Crippen LogP contribution in [0.1, 0.15) is 22.8 Å². The number of nitrogens with one attached hydrogen (secondary N) is 1. The second-order valence-corrected chi connectivity index (χ2v) is 6.62. The molecule has 1 amide bonds. The number of aryl methyl sites for hydroxylation is 1. The lowest BCUT2D eigenvalue weighted by molar-refractivity contribution is -0.134. The third-order valence-corrected chi connectivity index (χ3v) is 4.56. The Hall–Kier alpha value is -3.55. The molecule has 0 fully saturated rings. The fourth-order valence-electron chi connectivity index (χ4n) is 3.13. The van der Waals surface area contributed by atoms with Gasteiger partial charge in [0, 0.05) is 24.7 Å². The highest BCUT2D eigenvalue weighted by atomic mass is 16.6. The van der Waals surface area contributed by atoms with E-state index in [1.807, 2.05) is 18.2 Å². The van der Waals surface area contributed by atoms with Crippen molar-refractivity contribution in [1.82, 2.24) is 20.2 Å². The van der Waals surface area contributed by atoms with Crippen LogP contribution in [0.5, 0.6) is 0 Å². The second-order valence-electron chi connectivity index (χ2n) is 6.62. The van der Waals surface area contributed by atoms with Crippen molar-refractivity contribution in [2.45, 2.75) is 18.9 Å². The molecule has 1 N–H and O–H groups in total. The zero-order valence-electron chi connectivity index (χ0n) is 14.8. The van der Waals surface area contributed by atoms with Gasteiger partial charge in [0.15, 0.2) is 11.4 Å². The Morgan fingerprint density at radius 3 is 2.81 bits per heavy atom. The Labute approximate surface area is 155 Å². The van der Waals surface area contributed by atoms with Crippen LogP contribution in [0.25, 0.3) is 11.4 Å². The van der Waals surface area contributed by atoms with Gasteiger partial charge in [0.05, 0.1) is 5.56 Å². The third-order valence-electron chi connectivity index (χ3n) is 4.56. The summed E-state index contributed by atoms with van der Waals surface area (Å²) in [4.78, 5) is 25.2. The summed E-state index contributed by atoms with van der Waals surface area (Å²) in [6.45, 7) is 1.62. The van der Waals surface area contributed by atoms with Gasteiger partial charge >= 0.3 is 5.97 Å². The van der Waals surface area contributed by atoms with Crippen LogP contribution < -0.4 is 5.32 Å². The van der Waals surface area contributed by atoms with Gasteiger partial charge in [-0.05, 0) is 41.1 Å². The summed E-state index contributed by atoms with van der Waals surface area (Å²) in [5, 5.41) is 14.2. The standard InChI is InChI=1S/C19H17N5O3/c1-19(11-13-6-3-4-9-15(13)17(25)27-19)18(26)20-14-8-5-7-12(10-14)16-21-22-23-24(16)2/h3-10H,11H2,1-2H3,(H,20,26). The molecule has 1 atom stereocenters. The van der Waals surface area contributed by atoms with Gasteiger partial charge in [-0.3, -0.25) is 4.79 Å². The number of amides is 1. The van der Waals surface area contributed by atoms with Gasteiger partial charge in [0.25, 0.3) is 5.91 Å². The first-order valence-corrected chi connectivity index (χ1v) is 8.42. The number of aromatic nitrogens is 4. The van der Waals surface area contributed by atoms with E-state index in [1.165, 1.54) is 0 Å². The van der Waals surface area contributed by atoms with Crippen molar-refractivity contribution in [1.29, 1.82) is 0 Å². The number of tetrazole rings is 1. The lowest BCUT2D eigenvalue weighted by Gasteiger charge is -2.33. The average Bonchev–Trinajstić information content (AvgIpc) is 3.08. The van der Waals surface area contributed by atoms with Crippen LogP contribution in [0.4, 0.5) is 5.69 Å². The van der Waals surface area contributed by atoms with E-state index < -0.39 is 17.5 Å². The van der Waals surface area contributed by atoms with E-state index in [2.05, 4.69) is 20.8 Å². The molecule has 0 aliphatic carbocycles. The summed E-state index contributed by atoms with van der Waals surface area (Å²) in [5.74, 6) is -0.303. The molecule has 1 aliphatic rings. The van der Waals surface area contributed by atoms with Gasteiger partial charge in [0.1, 0.15) is 0 Å². The summed E-state index contributed by atoms with van der Waals surface area (Å²) in [6.07, 6.45) is 0.313. The summed E-state index contributed by atoms with van der Waals surface area (Å²) in [6, 6.07) is 14.3. The maximum absolute atomic E-state index is 12.9. The molecule has 0 radical (unpaired) electrons. The molecule has 136 valence electrons. The molecular formula is C19H17N5O3. The number of rotatable bonds is 3. The minimum Gasteiger partial charge on any atom is -0.445 e. The molecule has 0 saturated heterocycles. The third kappa shape index (κ3) is 3.05. The maximum atomic E-state index is 12.9. The van der Waals surface area contributed by atoms with Crippen molar-refractivity contribution < 1.29 is 14.3 Å². The van der Waals surface area contributed by atoms with Gasteiger partial charge in [-0.15, -0.1) is 5.10 Å². The fraction of sp³-hybridized carbons (Fsp3) is 0.211. The number of benzene rings is 2. The molecule has 4 rings (SSSR count). The quantitative estimate of drug-likeness (QED) is 0.715. The summed E-state index contributed by atoms with van der Waals surface area (Å²) in [5.41, 5.74) is 1.34. The first-order chi connectivity index (χ1) is 13.0. The van der Waals surface area contributed by atoms with Gasteiger partial charge in [-0.25, -0.2) is 9.48 Å². The van der Waals surface area contributed by atoms with Crippen LogP contribution >= 0.6 is 0 Å². The normalized spacial score (nSPS) is 18.5. The van der Waals surface area contributed by atoms with E-state index in [-0.39, 0.29) is 0 Å². The van der Waals surface area contributed by atoms with Crippen LogP contribution in [-0.2, 0) is 23.0 Å². The molecule has 8 heteroatoms. The number of ether oxygens (including phenoxy) is 1. The van der Waals surface area contributed by atoms with Crippen LogP contribution in [0, 0.1) is 0 Å². The second kappa shape index (κ2) is 6.31. The van der Waals surface area contributed by atoms with Crippen molar-refractivity contribution in [3.8, 4) is 11.4 Å². The smallest absolute Gasteiger partial charge is 0.339 e. The predicted molar refractivity (Wildman–Crippen MR) is 96.8 cm³/mol. The van der Waals surface area contributed by atoms with Crippen LogP contribution in [0.3, 0.4) is 0 Å². The summed E-state index contributed by atoms with van der Waals surface area (Å²) < 4.78 is 7.01. The van der Waals surface area contributed by atoms with E-state index in [1.54, 1.807) is 49.0 Å². The van der Waals surface area contributed by atoms with E-state index in [4.69, 9.17) is 4.74 Å². The number of esters is 1. The number of carbonyl (C=O) groups is 2. The SMILES string of the molecule is Cn1nnnc1-c1cccc(NC(=O)C2(C)Cc3ccccc3C(=O)O2)c1. The number of carbonyl (C=O) groups excluding carboxylic acids is 2. The first kappa shape index (κ1) is 16.9. The minimum atomic E-state index is -1.28. The van der Waals surface area contributed by atoms with Crippen molar-refractivity contribution in [3.05, 3.63) is 59.7 Å². The monoisotopic (exact) mass is 363 g/mol. The summed E-state index contributed by atoms with van der Waals surface area (Å²) in [7, 11) is 1.74. The average molecular weight is 363 g/mol. The largest absolute Gasteiger partial charge is 0.445 e. The highest BCUT2D eigenvalue weighted by molar-refractivity contribution is 6.02. The molecule has 27 heavy (non-hydrogen) atoms. The zero-order valence-corrected chi connectivity index (χ0v) is 14.8. The van der Waals surface area contributed by atoms with Crippen LogP contribution in [0.15, 0.2) is 48.5 Å². The molecule has 3 aromatic rings. The van der Waals surface area contributed by atoms with Crippen molar-refractivity contribution in [3.63, 3.8) is 0 Å². The van der Waals surface area contributed by atoms with Gasteiger partial charge in [0.2, 0.25) is 0 Å². The molecule has 0 spiro atoms.